The van der Waals surface area contributed by atoms with E-state index in [2.05, 4.69) is 15.0 Å². The van der Waals surface area contributed by atoms with E-state index < -0.39 is 0 Å². The van der Waals surface area contributed by atoms with Gasteiger partial charge in [0.2, 0.25) is 0 Å². The first-order valence-electron chi connectivity index (χ1n) is 6.24. The number of fused-ring (bicyclic) bond motifs is 1. The van der Waals surface area contributed by atoms with E-state index >= 15 is 0 Å². The highest BCUT2D eigenvalue weighted by Crippen LogP contribution is 2.24. The van der Waals surface area contributed by atoms with Gasteiger partial charge in [-0.15, -0.1) is 0 Å². The summed E-state index contributed by atoms with van der Waals surface area (Å²) in [7, 11) is 1.89. The fourth-order valence-corrected chi connectivity index (χ4v) is 2.56. The lowest BCUT2D eigenvalue weighted by Crippen LogP contribution is -2.43. The second kappa shape index (κ2) is 4.13. The second-order valence-corrected chi connectivity index (χ2v) is 4.92. The maximum absolute atomic E-state index is 6.00. The van der Waals surface area contributed by atoms with Gasteiger partial charge in [0.25, 0.3) is 0 Å². The third-order valence-electron chi connectivity index (χ3n) is 3.53. The molecule has 1 saturated heterocycles. The molecule has 0 bridgehead atoms. The Bertz CT molecular complexity index is 575. The Kier molecular flexibility index (Phi) is 2.59. The molecule has 1 atom stereocenters. The zero-order valence-corrected chi connectivity index (χ0v) is 10.5. The third kappa shape index (κ3) is 1.78. The normalized spacial score (nSPS) is 20.6. The molecule has 0 aromatic carbocycles. The number of anilines is 2. The summed E-state index contributed by atoms with van der Waals surface area (Å²) in [6.07, 6.45) is 4.01. The summed E-state index contributed by atoms with van der Waals surface area (Å²) < 4.78 is 1.79. The van der Waals surface area contributed by atoms with Gasteiger partial charge >= 0.3 is 0 Å². The number of hydrogen-bond donors (Lipinski definition) is 2. The van der Waals surface area contributed by atoms with Crippen molar-refractivity contribution in [1.29, 1.82) is 0 Å². The molecular weight excluding hydrogens is 228 g/mol. The van der Waals surface area contributed by atoms with Crippen LogP contribution in [-0.4, -0.2) is 33.9 Å². The van der Waals surface area contributed by atoms with Crippen molar-refractivity contribution in [1.82, 2.24) is 14.8 Å². The van der Waals surface area contributed by atoms with Crippen molar-refractivity contribution in [3.63, 3.8) is 0 Å². The topological polar surface area (TPSA) is 86.0 Å². The van der Waals surface area contributed by atoms with Crippen molar-refractivity contribution in [3.05, 3.63) is 12.3 Å². The Labute approximate surface area is 106 Å². The largest absolute Gasteiger partial charge is 0.382 e. The number of aromatic nitrogens is 3. The highest BCUT2D eigenvalue weighted by molar-refractivity contribution is 5.89. The number of nitrogen functional groups attached to an aromatic ring is 1. The minimum atomic E-state index is 0.243. The average Bonchev–Trinajstić information content (AvgIpc) is 2.65. The van der Waals surface area contributed by atoms with E-state index in [1.54, 1.807) is 10.9 Å². The molecule has 0 radical (unpaired) electrons. The van der Waals surface area contributed by atoms with Gasteiger partial charge in [-0.2, -0.15) is 5.10 Å². The first-order chi connectivity index (χ1) is 8.65. The molecule has 96 valence electrons. The first-order valence-corrected chi connectivity index (χ1v) is 6.24. The van der Waals surface area contributed by atoms with Gasteiger partial charge in [0.05, 0.1) is 10.9 Å². The first kappa shape index (κ1) is 11.3. The third-order valence-corrected chi connectivity index (χ3v) is 3.53. The molecular formula is C12H18N6. The highest BCUT2D eigenvalue weighted by atomic mass is 15.3. The molecule has 0 spiro atoms. The van der Waals surface area contributed by atoms with Crippen LogP contribution in [0.1, 0.15) is 12.8 Å². The Morgan fingerprint density at radius 2 is 2.28 bits per heavy atom. The van der Waals surface area contributed by atoms with E-state index in [1.807, 2.05) is 13.1 Å². The standard InChI is InChI=1S/C12H18N6/c1-17-10-5-11(15-6-9(10)12(14)16-17)18-4-2-3-8(13)7-18/h5-6,8H,2-4,7,13H2,1H3,(H2,14,16). The van der Waals surface area contributed by atoms with Crippen molar-refractivity contribution in [2.45, 2.75) is 18.9 Å². The Hall–Kier alpha value is -1.82. The Morgan fingerprint density at radius 3 is 3.06 bits per heavy atom. The summed E-state index contributed by atoms with van der Waals surface area (Å²) in [5.41, 5.74) is 12.8. The lowest BCUT2D eigenvalue weighted by molar-refractivity contribution is 0.503. The zero-order valence-electron chi connectivity index (χ0n) is 10.5. The number of nitrogens with two attached hydrogens (primary N) is 2. The molecule has 2 aromatic heterocycles. The van der Waals surface area contributed by atoms with Crippen LogP contribution in [0.25, 0.3) is 10.9 Å². The van der Waals surface area contributed by atoms with Crippen LogP contribution in [0, 0.1) is 0 Å². The Morgan fingerprint density at radius 1 is 1.44 bits per heavy atom. The molecule has 1 aliphatic heterocycles. The predicted octanol–water partition coefficient (Wildman–Crippen LogP) is 0.478. The minimum Gasteiger partial charge on any atom is -0.382 e. The summed E-state index contributed by atoms with van der Waals surface area (Å²) >= 11 is 0. The summed E-state index contributed by atoms with van der Waals surface area (Å²) in [6.45, 7) is 1.88. The van der Waals surface area contributed by atoms with E-state index in [0.29, 0.717) is 5.82 Å². The van der Waals surface area contributed by atoms with Gasteiger partial charge in [0, 0.05) is 38.4 Å². The zero-order chi connectivity index (χ0) is 12.7. The van der Waals surface area contributed by atoms with Gasteiger partial charge < -0.3 is 16.4 Å². The number of pyridine rings is 1. The van der Waals surface area contributed by atoms with Crippen LogP contribution in [-0.2, 0) is 7.05 Å². The molecule has 0 saturated carbocycles. The maximum atomic E-state index is 6.00. The van der Waals surface area contributed by atoms with E-state index in [9.17, 15) is 0 Å². The molecule has 1 fully saturated rings. The van der Waals surface area contributed by atoms with Gasteiger partial charge in [0.1, 0.15) is 5.82 Å². The second-order valence-electron chi connectivity index (χ2n) is 4.92. The van der Waals surface area contributed by atoms with Gasteiger partial charge in [-0.1, -0.05) is 0 Å². The Balaban J connectivity index is 2.00. The molecule has 2 aromatic rings. The number of aryl methyl sites for hydroxylation is 1. The van der Waals surface area contributed by atoms with Crippen LogP contribution in [0.3, 0.4) is 0 Å². The molecule has 6 heteroatoms. The fraction of sp³-hybridized carbons (Fsp3) is 0.500. The van der Waals surface area contributed by atoms with Gasteiger partial charge in [-0.25, -0.2) is 4.98 Å². The molecule has 3 heterocycles. The lowest BCUT2D eigenvalue weighted by Gasteiger charge is -2.31. The van der Waals surface area contributed by atoms with Crippen LogP contribution in [0.4, 0.5) is 11.6 Å². The molecule has 0 aliphatic carbocycles. The highest BCUT2D eigenvalue weighted by Gasteiger charge is 2.18. The minimum absolute atomic E-state index is 0.243. The molecule has 0 amide bonds. The van der Waals surface area contributed by atoms with E-state index in [0.717, 1.165) is 42.7 Å². The summed E-state index contributed by atoms with van der Waals surface area (Å²) in [4.78, 5) is 6.71. The molecule has 18 heavy (non-hydrogen) atoms. The lowest BCUT2D eigenvalue weighted by atomic mass is 10.1. The summed E-state index contributed by atoms with van der Waals surface area (Å²) in [5, 5.41) is 5.11. The van der Waals surface area contributed by atoms with Crippen molar-refractivity contribution in [2.75, 3.05) is 23.7 Å². The van der Waals surface area contributed by atoms with Crippen molar-refractivity contribution >= 4 is 22.5 Å². The van der Waals surface area contributed by atoms with Crippen molar-refractivity contribution < 1.29 is 0 Å². The molecule has 1 aliphatic rings. The molecule has 6 nitrogen and oxygen atoms in total. The molecule has 4 N–H and O–H groups in total. The quantitative estimate of drug-likeness (QED) is 0.764. The fourth-order valence-electron chi connectivity index (χ4n) is 2.56. The monoisotopic (exact) mass is 246 g/mol. The van der Waals surface area contributed by atoms with Crippen molar-refractivity contribution in [2.24, 2.45) is 12.8 Å². The van der Waals surface area contributed by atoms with E-state index in [1.165, 1.54) is 0 Å². The molecule has 1 unspecified atom stereocenters. The number of piperidine rings is 1. The van der Waals surface area contributed by atoms with Crippen LogP contribution < -0.4 is 16.4 Å². The predicted molar refractivity (Wildman–Crippen MR) is 72.3 cm³/mol. The van der Waals surface area contributed by atoms with Crippen LogP contribution in [0.15, 0.2) is 12.3 Å². The summed E-state index contributed by atoms with van der Waals surface area (Å²) in [5.74, 6) is 1.49. The van der Waals surface area contributed by atoms with Crippen LogP contribution >= 0.6 is 0 Å². The van der Waals surface area contributed by atoms with E-state index in [-0.39, 0.29) is 6.04 Å². The smallest absolute Gasteiger partial charge is 0.154 e. The van der Waals surface area contributed by atoms with Gasteiger partial charge in [-0.05, 0) is 12.8 Å². The SMILES string of the molecule is Cn1nc(N)c2cnc(N3CCCC(N)C3)cc21. The van der Waals surface area contributed by atoms with Crippen molar-refractivity contribution in [3.8, 4) is 0 Å². The number of nitrogens with zero attached hydrogens (tertiary/aromatic N) is 4. The number of hydrogen-bond acceptors (Lipinski definition) is 5. The van der Waals surface area contributed by atoms with Crippen LogP contribution in [0.2, 0.25) is 0 Å². The van der Waals surface area contributed by atoms with E-state index in [4.69, 9.17) is 11.5 Å². The molecule has 3 rings (SSSR count). The van der Waals surface area contributed by atoms with Gasteiger partial charge in [0.15, 0.2) is 5.82 Å². The summed E-state index contributed by atoms with van der Waals surface area (Å²) in [6, 6.07) is 2.28. The maximum Gasteiger partial charge on any atom is 0.154 e. The average molecular weight is 246 g/mol. The van der Waals surface area contributed by atoms with Crippen LogP contribution in [0.5, 0.6) is 0 Å². The number of rotatable bonds is 1. The van der Waals surface area contributed by atoms with Gasteiger partial charge in [-0.3, -0.25) is 4.68 Å².